The van der Waals surface area contributed by atoms with Crippen LogP contribution >= 0.6 is 0 Å². The van der Waals surface area contributed by atoms with E-state index in [-0.39, 0.29) is 17.7 Å². The van der Waals surface area contributed by atoms with Gasteiger partial charge in [0.15, 0.2) is 11.6 Å². The van der Waals surface area contributed by atoms with Crippen LogP contribution in [0, 0.1) is 5.82 Å². The molecule has 0 spiro atoms. The highest BCUT2D eigenvalue weighted by Crippen LogP contribution is 2.30. The first-order chi connectivity index (χ1) is 12.5. The topological polar surface area (TPSA) is 47.6 Å². The van der Waals surface area contributed by atoms with E-state index in [0.717, 1.165) is 16.3 Å². The Kier molecular flexibility index (Phi) is 5.07. The lowest BCUT2D eigenvalue weighted by Crippen LogP contribution is -2.23. The molecule has 5 heteroatoms. The van der Waals surface area contributed by atoms with Crippen LogP contribution < -0.4 is 14.8 Å². The summed E-state index contributed by atoms with van der Waals surface area (Å²) in [6, 6.07) is 15.9. The van der Waals surface area contributed by atoms with E-state index >= 15 is 0 Å². The number of fused-ring (bicyclic) bond motifs is 1. The maximum atomic E-state index is 14.0. The van der Waals surface area contributed by atoms with E-state index in [2.05, 4.69) is 5.32 Å². The molecule has 26 heavy (non-hydrogen) atoms. The van der Waals surface area contributed by atoms with E-state index in [9.17, 15) is 9.18 Å². The van der Waals surface area contributed by atoms with E-state index in [1.54, 1.807) is 12.1 Å². The van der Waals surface area contributed by atoms with E-state index in [0.29, 0.717) is 11.5 Å². The van der Waals surface area contributed by atoms with Crippen molar-refractivity contribution in [3.8, 4) is 17.2 Å². The number of hydrogen-bond donors (Lipinski definition) is 1. The molecule has 134 valence electrons. The summed E-state index contributed by atoms with van der Waals surface area (Å²) < 4.78 is 24.7. The Labute approximate surface area is 151 Å². The van der Waals surface area contributed by atoms with Gasteiger partial charge in [-0.1, -0.05) is 18.2 Å². The predicted octanol–water partition coefficient (Wildman–Crippen LogP) is 4.98. The maximum Gasteiger partial charge on any atom is 0.217 e. The largest absolute Gasteiger partial charge is 0.497 e. The molecule has 0 aromatic heterocycles. The zero-order valence-electron chi connectivity index (χ0n) is 14.9. The Balaban J connectivity index is 1.84. The van der Waals surface area contributed by atoms with Crippen molar-refractivity contribution in [3.63, 3.8) is 0 Å². The fourth-order valence-corrected chi connectivity index (χ4v) is 2.78. The van der Waals surface area contributed by atoms with Gasteiger partial charge in [-0.05, 0) is 53.6 Å². The van der Waals surface area contributed by atoms with Gasteiger partial charge in [-0.25, -0.2) is 4.39 Å². The molecule has 1 unspecified atom stereocenters. The summed E-state index contributed by atoms with van der Waals surface area (Å²) >= 11 is 0. The molecular formula is C21H20FNO3. The molecule has 3 aromatic carbocycles. The quantitative estimate of drug-likeness (QED) is 0.704. The minimum absolute atomic E-state index is 0.0668. The summed E-state index contributed by atoms with van der Waals surface area (Å²) in [6.07, 6.45) is 0. The summed E-state index contributed by atoms with van der Waals surface area (Å²) in [5.74, 6) is 0.575. The standard InChI is InChI=1S/C21H20FNO3/c1-13(23-14(2)24)15-4-5-17-11-19(7-6-16(17)10-15)26-21-9-8-18(25-3)12-20(21)22/h4-13H,1-3H3,(H,23,24). The summed E-state index contributed by atoms with van der Waals surface area (Å²) in [5.41, 5.74) is 1.02. The Hall–Kier alpha value is -3.08. The number of amides is 1. The molecule has 3 aromatic rings. The molecule has 0 bridgehead atoms. The number of ether oxygens (including phenoxy) is 2. The van der Waals surface area contributed by atoms with Gasteiger partial charge in [0.1, 0.15) is 11.5 Å². The first-order valence-corrected chi connectivity index (χ1v) is 8.28. The van der Waals surface area contributed by atoms with E-state index in [1.807, 2.05) is 37.3 Å². The first kappa shape index (κ1) is 17.7. The molecule has 0 fully saturated rings. The summed E-state index contributed by atoms with van der Waals surface area (Å²) in [6.45, 7) is 3.44. The molecule has 1 atom stereocenters. The molecule has 0 aliphatic rings. The highest BCUT2D eigenvalue weighted by molar-refractivity contribution is 5.85. The van der Waals surface area contributed by atoms with Gasteiger partial charge in [0.25, 0.3) is 0 Å². The van der Waals surface area contributed by atoms with Gasteiger partial charge in [-0.3, -0.25) is 4.79 Å². The zero-order valence-corrected chi connectivity index (χ0v) is 14.9. The van der Waals surface area contributed by atoms with Crippen molar-refractivity contribution in [1.82, 2.24) is 5.32 Å². The lowest BCUT2D eigenvalue weighted by atomic mass is 10.0. The Morgan fingerprint density at radius 1 is 1.00 bits per heavy atom. The molecule has 0 saturated heterocycles. The van der Waals surface area contributed by atoms with E-state index in [4.69, 9.17) is 9.47 Å². The van der Waals surface area contributed by atoms with Crippen LogP contribution in [0.25, 0.3) is 10.8 Å². The average molecular weight is 353 g/mol. The number of methoxy groups -OCH3 is 1. The molecule has 0 heterocycles. The van der Waals surface area contributed by atoms with Gasteiger partial charge in [0.2, 0.25) is 5.91 Å². The number of hydrogen-bond acceptors (Lipinski definition) is 3. The van der Waals surface area contributed by atoms with Crippen molar-refractivity contribution in [2.75, 3.05) is 7.11 Å². The summed E-state index contributed by atoms with van der Waals surface area (Å²) in [5, 5.41) is 4.85. The van der Waals surface area contributed by atoms with E-state index < -0.39 is 5.82 Å². The van der Waals surface area contributed by atoms with Gasteiger partial charge in [-0.2, -0.15) is 0 Å². The Morgan fingerprint density at radius 3 is 2.38 bits per heavy atom. The van der Waals surface area contributed by atoms with Crippen molar-refractivity contribution in [3.05, 3.63) is 66.0 Å². The number of rotatable bonds is 5. The fourth-order valence-electron chi connectivity index (χ4n) is 2.78. The average Bonchev–Trinajstić information content (AvgIpc) is 2.62. The van der Waals surface area contributed by atoms with Crippen molar-refractivity contribution >= 4 is 16.7 Å². The van der Waals surface area contributed by atoms with Crippen LogP contribution in [0.4, 0.5) is 4.39 Å². The monoisotopic (exact) mass is 353 g/mol. The smallest absolute Gasteiger partial charge is 0.217 e. The number of carbonyl (C=O) groups is 1. The first-order valence-electron chi connectivity index (χ1n) is 8.28. The van der Waals surface area contributed by atoms with Crippen LogP contribution in [0.1, 0.15) is 25.5 Å². The fraction of sp³-hybridized carbons (Fsp3) is 0.190. The minimum Gasteiger partial charge on any atom is -0.497 e. The molecule has 3 rings (SSSR count). The maximum absolute atomic E-state index is 14.0. The summed E-state index contributed by atoms with van der Waals surface area (Å²) in [4.78, 5) is 11.2. The van der Waals surface area contributed by atoms with Gasteiger partial charge < -0.3 is 14.8 Å². The Morgan fingerprint density at radius 2 is 1.69 bits per heavy atom. The highest BCUT2D eigenvalue weighted by Gasteiger charge is 2.09. The number of halogens is 1. The SMILES string of the molecule is COc1ccc(Oc2ccc3cc(C(C)NC(C)=O)ccc3c2)c(F)c1. The van der Waals surface area contributed by atoms with Crippen LogP contribution in [-0.2, 0) is 4.79 Å². The molecule has 0 saturated carbocycles. The van der Waals surface area contributed by atoms with Crippen molar-refractivity contribution in [1.29, 1.82) is 0 Å². The van der Waals surface area contributed by atoms with Crippen LogP contribution in [0.2, 0.25) is 0 Å². The van der Waals surface area contributed by atoms with Crippen LogP contribution in [-0.4, -0.2) is 13.0 Å². The Bertz CT molecular complexity index is 955. The summed E-state index contributed by atoms with van der Waals surface area (Å²) in [7, 11) is 1.49. The van der Waals surface area contributed by atoms with Crippen LogP contribution in [0.15, 0.2) is 54.6 Å². The molecule has 1 N–H and O–H groups in total. The van der Waals surface area contributed by atoms with Crippen LogP contribution in [0.5, 0.6) is 17.2 Å². The predicted molar refractivity (Wildman–Crippen MR) is 99.2 cm³/mol. The lowest BCUT2D eigenvalue weighted by Gasteiger charge is -2.14. The number of nitrogens with one attached hydrogen (secondary N) is 1. The number of benzene rings is 3. The normalized spacial score (nSPS) is 11.8. The molecule has 0 radical (unpaired) electrons. The third-order valence-corrected chi connectivity index (χ3v) is 4.12. The number of carbonyl (C=O) groups excluding carboxylic acids is 1. The second-order valence-electron chi connectivity index (χ2n) is 6.09. The van der Waals surface area contributed by atoms with Gasteiger partial charge in [0, 0.05) is 13.0 Å². The van der Waals surface area contributed by atoms with Gasteiger partial charge in [0.05, 0.1) is 13.2 Å². The zero-order chi connectivity index (χ0) is 18.7. The molecule has 0 aliphatic carbocycles. The second kappa shape index (κ2) is 7.44. The third kappa shape index (κ3) is 3.94. The molecule has 4 nitrogen and oxygen atoms in total. The van der Waals surface area contributed by atoms with E-state index in [1.165, 1.54) is 26.2 Å². The second-order valence-corrected chi connectivity index (χ2v) is 6.09. The van der Waals surface area contributed by atoms with Crippen molar-refractivity contribution in [2.24, 2.45) is 0 Å². The molecular weight excluding hydrogens is 333 g/mol. The molecule has 0 aliphatic heterocycles. The van der Waals surface area contributed by atoms with Crippen molar-refractivity contribution < 1.29 is 18.7 Å². The highest BCUT2D eigenvalue weighted by atomic mass is 19.1. The lowest BCUT2D eigenvalue weighted by molar-refractivity contribution is -0.119. The molecule has 1 amide bonds. The van der Waals surface area contributed by atoms with Gasteiger partial charge in [-0.15, -0.1) is 0 Å². The van der Waals surface area contributed by atoms with Crippen LogP contribution in [0.3, 0.4) is 0 Å². The minimum atomic E-state index is -0.482. The van der Waals surface area contributed by atoms with Crippen molar-refractivity contribution in [2.45, 2.75) is 19.9 Å². The third-order valence-electron chi connectivity index (χ3n) is 4.12. The van der Waals surface area contributed by atoms with Gasteiger partial charge >= 0.3 is 0 Å².